The molecule has 2 rings (SSSR count). The van der Waals surface area contributed by atoms with E-state index in [2.05, 4.69) is 48.5 Å². The largest absolute Gasteiger partial charge is 0.377 e. The number of hydrogen-bond acceptors (Lipinski definition) is 2. The van der Waals surface area contributed by atoms with Gasteiger partial charge in [0.1, 0.15) is 0 Å². The molecule has 0 fully saturated rings. The van der Waals surface area contributed by atoms with E-state index in [1.54, 1.807) is 0 Å². The van der Waals surface area contributed by atoms with Gasteiger partial charge >= 0.3 is 0 Å². The van der Waals surface area contributed by atoms with Gasteiger partial charge in [0, 0.05) is 18.9 Å². The van der Waals surface area contributed by atoms with Crippen molar-refractivity contribution in [1.82, 2.24) is 9.78 Å². The van der Waals surface area contributed by atoms with Crippen LogP contribution in [0.25, 0.3) is 0 Å². The lowest BCUT2D eigenvalue weighted by atomic mass is 10.1. The normalized spacial score (nSPS) is 12.4. The molecule has 90 valence electrons. The van der Waals surface area contributed by atoms with Gasteiger partial charge in [-0.25, -0.2) is 0 Å². The van der Waals surface area contributed by atoms with Crippen LogP contribution in [0.4, 0.5) is 5.69 Å². The number of aryl methyl sites for hydroxylation is 2. The Kier molecular flexibility index (Phi) is 3.47. The van der Waals surface area contributed by atoms with Crippen molar-refractivity contribution in [1.29, 1.82) is 0 Å². The maximum Gasteiger partial charge on any atom is 0.0653 e. The van der Waals surface area contributed by atoms with Crippen molar-refractivity contribution in [2.24, 2.45) is 7.05 Å². The van der Waals surface area contributed by atoms with Gasteiger partial charge in [-0.2, -0.15) is 5.10 Å². The Labute approximate surface area is 102 Å². The van der Waals surface area contributed by atoms with Crippen LogP contribution in [-0.4, -0.2) is 9.78 Å². The lowest BCUT2D eigenvalue weighted by molar-refractivity contribution is 0.676. The molecule has 1 heterocycles. The summed E-state index contributed by atoms with van der Waals surface area (Å²) in [5, 5.41) is 7.66. The number of hydrogen-bond donors (Lipinski definition) is 1. The SMILES string of the molecule is CCc1ccc(NC(C)c2ccnn2C)cc1. The molecule has 0 aliphatic heterocycles. The van der Waals surface area contributed by atoms with Gasteiger partial charge in [0.05, 0.1) is 11.7 Å². The molecule has 0 saturated heterocycles. The second kappa shape index (κ2) is 5.04. The van der Waals surface area contributed by atoms with Crippen molar-refractivity contribution in [3.05, 3.63) is 47.8 Å². The molecule has 17 heavy (non-hydrogen) atoms. The second-order valence-electron chi connectivity index (χ2n) is 4.30. The summed E-state index contributed by atoms with van der Waals surface area (Å²) in [7, 11) is 1.97. The maximum absolute atomic E-state index is 4.18. The van der Waals surface area contributed by atoms with Gasteiger partial charge in [-0.1, -0.05) is 19.1 Å². The number of benzene rings is 1. The molecular weight excluding hydrogens is 210 g/mol. The van der Waals surface area contributed by atoms with Crippen LogP contribution in [0.15, 0.2) is 36.5 Å². The third kappa shape index (κ3) is 2.67. The maximum atomic E-state index is 4.18. The fourth-order valence-electron chi connectivity index (χ4n) is 1.97. The summed E-state index contributed by atoms with van der Waals surface area (Å²) in [4.78, 5) is 0. The molecule has 2 aromatic rings. The highest BCUT2D eigenvalue weighted by molar-refractivity contribution is 5.46. The smallest absolute Gasteiger partial charge is 0.0653 e. The summed E-state index contributed by atoms with van der Waals surface area (Å²) >= 11 is 0. The first-order chi connectivity index (χ1) is 8.20. The summed E-state index contributed by atoms with van der Waals surface area (Å²) in [5.74, 6) is 0. The Bertz CT molecular complexity index is 470. The fourth-order valence-corrected chi connectivity index (χ4v) is 1.97. The molecule has 1 N–H and O–H groups in total. The third-order valence-corrected chi connectivity index (χ3v) is 3.05. The Morgan fingerprint density at radius 2 is 1.94 bits per heavy atom. The minimum Gasteiger partial charge on any atom is -0.377 e. The molecule has 1 unspecified atom stereocenters. The van der Waals surface area contributed by atoms with Crippen LogP contribution < -0.4 is 5.32 Å². The van der Waals surface area contributed by atoms with E-state index in [9.17, 15) is 0 Å². The molecule has 3 nitrogen and oxygen atoms in total. The van der Waals surface area contributed by atoms with Gasteiger partial charge in [-0.3, -0.25) is 4.68 Å². The van der Waals surface area contributed by atoms with E-state index in [1.807, 2.05) is 24.0 Å². The zero-order valence-electron chi connectivity index (χ0n) is 10.6. The third-order valence-electron chi connectivity index (χ3n) is 3.05. The zero-order valence-corrected chi connectivity index (χ0v) is 10.6. The molecule has 0 aliphatic rings. The molecule has 1 aromatic heterocycles. The first kappa shape index (κ1) is 11.7. The summed E-state index contributed by atoms with van der Waals surface area (Å²) in [5.41, 5.74) is 3.70. The predicted molar refractivity (Wildman–Crippen MR) is 71.1 cm³/mol. The first-order valence-corrected chi connectivity index (χ1v) is 6.04. The number of aromatic nitrogens is 2. The van der Waals surface area contributed by atoms with Gasteiger partial charge in [-0.05, 0) is 37.1 Å². The summed E-state index contributed by atoms with van der Waals surface area (Å²) in [6, 6.07) is 10.9. The van der Waals surface area contributed by atoms with Crippen molar-refractivity contribution >= 4 is 5.69 Å². The van der Waals surface area contributed by atoms with Crippen LogP contribution in [0.3, 0.4) is 0 Å². The van der Waals surface area contributed by atoms with E-state index in [-0.39, 0.29) is 6.04 Å². The van der Waals surface area contributed by atoms with Crippen molar-refractivity contribution in [2.75, 3.05) is 5.32 Å². The highest BCUT2D eigenvalue weighted by atomic mass is 15.3. The van der Waals surface area contributed by atoms with E-state index in [4.69, 9.17) is 0 Å². The minimum absolute atomic E-state index is 0.259. The van der Waals surface area contributed by atoms with Crippen LogP contribution in [0.1, 0.15) is 31.1 Å². The zero-order chi connectivity index (χ0) is 12.3. The monoisotopic (exact) mass is 229 g/mol. The fraction of sp³-hybridized carbons (Fsp3) is 0.357. The van der Waals surface area contributed by atoms with Crippen LogP contribution in [0.5, 0.6) is 0 Å². The van der Waals surface area contributed by atoms with E-state index in [0.29, 0.717) is 0 Å². The highest BCUT2D eigenvalue weighted by Crippen LogP contribution is 2.18. The number of nitrogens with one attached hydrogen (secondary N) is 1. The van der Waals surface area contributed by atoms with Crippen LogP contribution in [-0.2, 0) is 13.5 Å². The van der Waals surface area contributed by atoms with Gasteiger partial charge < -0.3 is 5.32 Å². The average molecular weight is 229 g/mol. The Morgan fingerprint density at radius 3 is 2.47 bits per heavy atom. The summed E-state index contributed by atoms with van der Waals surface area (Å²) < 4.78 is 1.90. The average Bonchev–Trinajstić information content (AvgIpc) is 2.76. The lowest BCUT2D eigenvalue weighted by Crippen LogP contribution is -2.11. The summed E-state index contributed by atoms with van der Waals surface area (Å²) in [6.07, 6.45) is 2.91. The Hall–Kier alpha value is -1.77. The molecule has 0 bridgehead atoms. The Morgan fingerprint density at radius 1 is 1.24 bits per heavy atom. The molecular formula is C14H19N3. The molecule has 0 amide bonds. The van der Waals surface area contributed by atoms with Crippen molar-refractivity contribution < 1.29 is 0 Å². The van der Waals surface area contributed by atoms with Crippen molar-refractivity contribution in [2.45, 2.75) is 26.3 Å². The highest BCUT2D eigenvalue weighted by Gasteiger charge is 2.08. The van der Waals surface area contributed by atoms with Crippen LogP contribution >= 0.6 is 0 Å². The molecule has 0 aliphatic carbocycles. The second-order valence-corrected chi connectivity index (χ2v) is 4.30. The van der Waals surface area contributed by atoms with Gasteiger partial charge in [-0.15, -0.1) is 0 Å². The molecule has 0 saturated carbocycles. The van der Waals surface area contributed by atoms with Crippen molar-refractivity contribution in [3.63, 3.8) is 0 Å². The first-order valence-electron chi connectivity index (χ1n) is 6.04. The molecule has 3 heteroatoms. The van der Waals surface area contributed by atoms with Gasteiger partial charge in [0.2, 0.25) is 0 Å². The van der Waals surface area contributed by atoms with E-state index in [0.717, 1.165) is 12.1 Å². The molecule has 0 spiro atoms. The standard InChI is InChI=1S/C14H19N3/c1-4-12-5-7-13(8-6-12)16-11(2)14-9-10-15-17(14)3/h5-11,16H,4H2,1-3H3. The van der Waals surface area contributed by atoms with Crippen LogP contribution in [0, 0.1) is 0 Å². The van der Waals surface area contributed by atoms with Gasteiger partial charge in [0.25, 0.3) is 0 Å². The van der Waals surface area contributed by atoms with E-state index < -0.39 is 0 Å². The topological polar surface area (TPSA) is 29.9 Å². The molecule has 0 radical (unpaired) electrons. The predicted octanol–water partition coefficient (Wildman–Crippen LogP) is 3.16. The van der Waals surface area contributed by atoms with Crippen LogP contribution in [0.2, 0.25) is 0 Å². The van der Waals surface area contributed by atoms with Gasteiger partial charge in [0.15, 0.2) is 0 Å². The van der Waals surface area contributed by atoms with E-state index >= 15 is 0 Å². The van der Waals surface area contributed by atoms with Crippen molar-refractivity contribution in [3.8, 4) is 0 Å². The Balaban J connectivity index is 2.07. The minimum atomic E-state index is 0.259. The lowest BCUT2D eigenvalue weighted by Gasteiger charge is -2.15. The van der Waals surface area contributed by atoms with E-state index in [1.165, 1.54) is 11.3 Å². The molecule has 1 atom stereocenters. The quantitative estimate of drug-likeness (QED) is 0.872. The number of anilines is 1. The number of rotatable bonds is 4. The molecule has 1 aromatic carbocycles. The summed E-state index contributed by atoms with van der Waals surface area (Å²) in [6.45, 7) is 4.31. The number of nitrogens with zero attached hydrogens (tertiary/aromatic N) is 2.